The van der Waals surface area contributed by atoms with Gasteiger partial charge in [0.2, 0.25) is 0 Å². The molecule has 0 bridgehead atoms. The zero-order valence-corrected chi connectivity index (χ0v) is 12.2. The highest BCUT2D eigenvalue weighted by Crippen LogP contribution is 2.25. The zero-order valence-electron chi connectivity index (χ0n) is 11.5. The lowest BCUT2D eigenvalue weighted by Gasteiger charge is -2.18. The van der Waals surface area contributed by atoms with Crippen LogP contribution in [0.1, 0.15) is 17.2 Å². The van der Waals surface area contributed by atoms with Gasteiger partial charge in [-0.25, -0.2) is 4.39 Å². The average molecular weight is 294 g/mol. The Morgan fingerprint density at radius 2 is 1.90 bits per heavy atom. The van der Waals surface area contributed by atoms with Crippen LogP contribution in [0.2, 0.25) is 5.02 Å². The monoisotopic (exact) mass is 293 g/mol. The summed E-state index contributed by atoms with van der Waals surface area (Å²) in [5.74, 6) is 0.543. The van der Waals surface area contributed by atoms with Gasteiger partial charge in [-0.3, -0.25) is 0 Å². The summed E-state index contributed by atoms with van der Waals surface area (Å²) in [5.41, 5.74) is 1.90. The van der Waals surface area contributed by atoms with Crippen LogP contribution in [0.15, 0.2) is 42.5 Å². The number of likely N-dealkylation sites (N-methyl/N-ethyl adjacent to an activating group) is 1. The summed E-state index contributed by atoms with van der Waals surface area (Å²) >= 11 is 6.12. The van der Waals surface area contributed by atoms with Gasteiger partial charge in [-0.2, -0.15) is 0 Å². The number of benzene rings is 2. The molecule has 20 heavy (non-hydrogen) atoms. The third-order valence-corrected chi connectivity index (χ3v) is 3.67. The van der Waals surface area contributed by atoms with E-state index < -0.39 is 0 Å². The van der Waals surface area contributed by atoms with E-state index in [1.807, 2.05) is 31.3 Å². The Hall–Kier alpha value is -1.58. The third kappa shape index (κ3) is 3.50. The predicted octanol–water partition coefficient (Wildman–Crippen LogP) is 3.99. The molecular weight excluding hydrogens is 277 g/mol. The highest BCUT2D eigenvalue weighted by Gasteiger charge is 2.13. The van der Waals surface area contributed by atoms with E-state index >= 15 is 0 Å². The van der Waals surface area contributed by atoms with E-state index in [2.05, 4.69) is 5.32 Å². The highest BCUT2D eigenvalue weighted by molar-refractivity contribution is 6.31. The van der Waals surface area contributed by atoms with Gasteiger partial charge >= 0.3 is 0 Å². The molecule has 1 unspecified atom stereocenters. The van der Waals surface area contributed by atoms with Crippen LogP contribution in [0.4, 0.5) is 4.39 Å². The van der Waals surface area contributed by atoms with Crippen LogP contribution < -0.4 is 10.1 Å². The van der Waals surface area contributed by atoms with Gasteiger partial charge < -0.3 is 10.1 Å². The molecule has 2 rings (SSSR count). The molecule has 0 saturated carbocycles. The van der Waals surface area contributed by atoms with E-state index in [1.165, 1.54) is 12.1 Å². The first-order chi connectivity index (χ1) is 9.63. The molecule has 0 aliphatic rings. The minimum atomic E-state index is -0.269. The molecule has 106 valence electrons. The topological polar surface area (TPSA) is 21.3 Å². The van der Waals surface area contributed by atoms with Crippen molar-refractivity contribution in [1.29, 1.82) is 0 Å². The van der Waals surface area contributed by atoms with Crippen molar-refractivity contribution in [2.75, 3.05) is 14.2 Å². The van der Waals surface area contributed by atoms with E-state index in [1.54, 1.807) is 13.2 Å². The van der Waals surface area contributed by atoms with E-state index in [0.717, 1.165) is 16.9 Å². The lowest BCUT2D eigenvalue weighted by atomic mass is 9.99. The van der Waals surface area contributed by atoms with Crippen molar-refractivity contribution in [2.45, 2.75) is 12.5 Å². The Morgan fingerprint density at radius 3 is 2.50 bits per heavy atom. The van der Waals surface area contributed by atoms with Gasteiger partial charge in [-0.05, 0) is 54.9 Å². The lowest BCUT2D eigenvalue weighted by Crippen LogP contribution is -2.19. The fourth-order valence-electron chi connectivity index (χ4n) is 2.14. The Labute approximate surface area is 123 Å². The molecule has 0 aliphatic heterocycles. The Morgan fingerprint density at radius 1 is 1.20 bits per heavy atom. The first-order valence-corrected chi connectivity index (χ1v) is 6.77. The number of rotatable bonds is 5. The molecule has 2 aromatic carbocycles. The van der Waals surface area contributed by atoms with Crippen LogP contribution >= 0.6 is 11.6 Å². The Balaban J connectivity index is 2.21. The third-order valence-electron chi connectivity index (χ3n) is 3.30. The fourth-order valence-corrected chi connectivity index (χ4v) is 2.34. The standard InChI is InChI=1S/C16H17ClFNO/c1-19-16(11-3-6-14(20-2)7-4-11)10-12-9-13(18)5-8-15(12)17/h3-9,16,19H,10H2,1-2H3. The predicted molar refractivity (Wildman–Crippen MR) is 79.9 cm³/mol. The molecule has 2 aromatic rings. The molecule has 0 amide bonds. The second kappa shape index (κ2) is 6.73. The van der Waals surface area contributed by atoms with Crippen molar-refractivity contribution in [3.05, 3.63) is 64.4 Å². The number of methoxy groups -OCH3 is 1. The number of ether oxygens (including phenoxy) is 1. The molecule has 0 spiro atoms. The summed E-state index contributed by atoms with van der Waals surface area (Å²) in [6.45, 7) is 0. The smallest absolute Gasteiger partial charge is 0.123 e. The summed E-state index contributed by atoms with van der Waals surface area (Å²) < 4.78 is 18.5. The number of nitrogens with one attached hydrogen (secondary N) is 1. The van der Waals surface area contributed by atoms with Gasteiger partial charge in [0.05, 0.1) is 7.11 Å². The van der Waals surface area contributed by atoms with Crippen LogP contribution in [0.3, 0.4) is 0 Å². The molecular formula is C16H17ClFNO. The maximum absolute atomic E-state index is 13.3. The molecule has 2 nitrogen and oxygen atoms in total. The lowest BCUT2D eigenvalue weighted by molar-refractivity contribution is 0.414. The zero-order chi connectivity index (χ0) is 14.5. The van der Waals surface area contributed by atoms with Crippen molar-refractivity contribution in [1.82, 2.24) is 5.32 Å². The van der Waals surface area contributed by atoms with E-state index in [-0.39, 0.29) is 11.9 Å². The summed E-state index contributed by atoms with van der Waals surface area (Å²) in [6, 6.07) is 12.3. The summed E-state index contributed by atoms with van der Waals surface area (Å²) in [6.07, 6.45) is 0.624. The van der Waals surface area contributed by atoms with Crippen molar-refractivity contribution in [2.24, 2.45) is 0 Å². The SMILES string of the molecule is CNC(Cc1cc(F)ccc1Cl)c1ccc(OC)cc1. The number of halogens is 2. The minimum absolute atomic E-state index is 0.0696. The van der Waals surface area contributed by atoms with Crippen LogP contribution in [-0.4, -0.2) is 14.2 Å². The van der Waals surface area contributed by atoms with E-state index in [9.17, 15) is 4.39 Å². The molecule has 1 atom stereocenters. The van der Waals surface area contributed by atoms with Gasteiger partial charge in [0.1, 0.15) is 11.6 Å². The number of hydrogen-bond acceptors (Lipinski definition) is 2. The average Bonchev–Trinajstić information content (AvgIpc) is 2.48. The molecule has 0 heterocycles. The van der Waals surface area contributed by atoms with Crippen LogP contribution in [0.5, 0.6) is 5.75 Å². The second-order valence-electron chi connectivity index (χ2n) is 4.55. The quantitative estimate of drug-likeness (QED) is 0.900. The van der Waals surface area contributed by atoms with Crippen molar-refractivity contribution >= 4 is 11.6 Å². The van der Waals surface area contributed by atoms with Crippen LogP contribution in [-0.2, 0) is 6.42 Å². The highest BCUT2D eigenvalue weighted by atomic mass is 35.5. The summed E-state index contributed by atoms with van der Waals surface area (Å²) in [5, 5.41) is 3.81. The van der Waals surface area contributed by atoms with Crippen LogP contribution in [0, 0.1) is 5.82 Å². The molecule has 0 aromatic heterocycles. The molecule has 0 saturated heterocycles. The van der Waals surface area contributed by atoms with Crippen molar-refractivity contribution in [3.8, 4) is 5.75 Å². The van der Waals surface area contributed by atoms with Gasteiger partial charge in [-0.15, -0.1) is 0 Å². The van der Waals surface area contributed by atoms with E-state index in [0.29, 0.717) is 11.4 Å². The largest absolute Gasteiger partial charge is 0.497 e. The van der Waals surface area contributed by atoms with Gasteiger partial charge in [0, 0.05) is 11.1 Å². The minimum Gasteiger partial charge on any atom is -0.497 e. The maximum Gasteiger partial charge on any atom is 0.123 e. The maximum atomic E-state index is 13.3. The second-order valence-corrected chi connectivity index (χ2v) is 4.96. The fraction of sp³-hybridized carbons (Fsp3) is 0.250. The normalized spacial score (nSPS) is 12.2. The van der Waals surface area contributed by atoms with Crippen LogP contribution in [0.25, 0.3) is 0 Å². The van der Waals surface area contributed by atoms with E-state index in [4.69, 9.17) is 16.3 Å². The number of hydrogen-bond donors (Lipinski definition) is 1. The first-order valence-electron chi connectivity index (χ1n) is 6.39. The van der Waals surface area contributed by atoms with Crippen molar-refractivity contribution < 1.29 is 9.13 Å². The summed E-state index contributed by atoms with van der Waals surface area (Å²) in [4.78, 5) is 0. The Bertz CT molecular complexity index is 571. The summed E-state index contributed by atoms with van der Waals surface area (Å²) in [7, 11) is 3.51. The molecule has 4 heteroatoms. The molecule has 0 aliphatic carbocycles. The van der Waals surface area contributed by atoms with Gasteiger partial charge in [0.15, 0.2) is 0 Å². The molecule has 1 N–H and O–H groups in total. The van der Waals surface area contributed by atoms with Gasteiger partial charge in [-0.1, -0.05) is 23.7 Å². The molecule has 0 radical (unpaired) electrons. The Kier molecular flexibility index (Phi) is 4.99. The molecule has 0 fully saturated rings. The van der Waals surface area contributed by atoms with Gasteiger partial charge in [0.25, 0.3) is 0 Å². The first kappa shape index (κ1) is 14.8. The van der Waals surface area contributed by atoms with Crippen molar-refractivity contribution in [3.63, 3.8) is 0 Å².